The Hall–Kier alpha value is -3.39. The number of rotatable bonds is 5. The molecule has 0 saturated heterocycles. The van der Waals surface area contributed by atoms with Gasteiger partial charge in [-0.25, -0.2) is 9.97 Å². The lowest BCUT2D eigenvalue weighted by Crippen LogP contribution is -1.95. The molecule has 0 spiro atoms. The van der Waals surface area contributed by atoms with Crippen LogP contribution in [0.15, 0.2) is 67.0 Å². The van der Waals surface area contributed by atoms with Crippen LogP contribution in [-0.4, -0.2) is 22.1 Å². The molecule has 0 fully saturated rings. The largest absolute Gasteiger partial charge is 0.503 e. The smallest absolute Gasteiger partial charge is 0.185 e. The predicted molar refractivity (Wildman–Crippen MR) is 107 cm³/mol. The monoisotopic (exact) mass is 348 g/mol. The van der Waals surface area contributed by atoms with E-state index in [-0.39, 0.29) is 5.75 Å². The fourth-order valence-electron chi connectivity index (χ4n) is 1.99. The van der Waals surface area contributed by atoms with Gasteiger partial charge in [-0.3, -0.25) is 0 Å². The van der Waals surface area contributed by atoms with Crippen molar-refractivity contribution in [2.24, 2.45) is 0 Å². The molecule has 1 aromatic heterocycles. The molecule has 5 nitrogen and oxygen atoms in total. The molecule has 1 aromatic carbocycles. The first kappa shape index (κ1) is 20.7. The molecule has 0 aliphatic carbocycles. The predicted octanol–water partition coefficient (Wildman–Crippen LogP) is 4.79. The summed E-state index contributed by atoms with van der Waals surface area (Å²) in [6, 6.07) is 9.84. The standard InChI is InChI=1S/C12H13N3O.C9H11N/c1-8-3-5-9(6-4-8)10-11(16)12(13-2)15-7-14-10;1-3-5-6-7-9(4-2)8-10/h3-7,16H,1-2H3,(H,13,14,15);3-5,7H,2,6H2,1H3/b;5-3-,9-7+. The minimum atomic E-state index is 0.0776. The van der Waals surface area contributed by atoms with Gasteiger partial charge in [-0.2, -0.15) is 5.26 Å². The molecule has 5 heteroatoms. The molecule has 0 amide bonds. The number of aryl methyl sites for hydroxylation is 1. The molecule has 1 heterocycles. The van der Waals surface area contributed by atoms with E-state index in [2.05, 4.69) is 21.9 Å². The quantitative estimate of drug-likeness (QED) is 0.461. The number of anilines is 1. The minimum Gasteiger partial charge on any atom is -0.503 e. The summed E-state index contributed by atoms with van der Waals surface area (Å²) in [5, 5.41) is 21.2. The van der Waals surface area contributed by atoms with Crippen molar-refractivity contribution in [1.82, 2.24) is 9.97 Å². The Morgan fingerprint density at radius 1 is 1.31 bits per heavy atom. The zero-order valence-corrected chi connectivity index (χ0v) is 15.4. The van der Waals surface area contributed by atoms with Crippen LogP contribution in [0.2, 0.25) is 0 Å². The van der Waals surface area contributed by atoms with Crippen molar-refractivity contribution in [1.29, 1.82) is 5.26 Å². The second-order valence-corrected chi connectivity index (χ2v) is 5.32. The summed E-state index contributed by atoms with van der Waals surface area (Å²) in [4.78, 5) is 8.01. The Bertz CT molecular complexity index is 815. The molecular weight excluding hydrogens is 324 g/mol. The third-order valence-electron chi connectivity index (χ3n) is 3.44. The second kappa shape index (κ2) is 11.2. The van der Waals surface area contributed by atoms with Crippen molar-refractivity contribution in [2.75, 3.05) is 12.4 Å². The van der Waals surface area contributed by atoms with Gasteiger partial charge >= 0.3 is 0 Å². The summed E-state index contributed by atoms with van der Waals surface area (Å²) in [5.41, 5.74) is 3.23. The maximum absolute atomic E-state index is 9.92. The van der Waals surface area contributed by atoms with Crippen LogP contribution in [0.5, 0.6) is 5.75 Å². The van der Waals surface area contributed by atoms with E-state index >= 15 is 0 Å². The third kappa shape index (κ3) is 6.25. The molecule has 0 radical (unpaired) electrons. The fraction of sp³-hybridized carbons (Fsp3) is 0.190. The number of hydrogen-bond acceptors (Lipinski definition) is 5. The number of nitrogens with zero attached hydrogens (tertiary/aromatic N) is 3. The van der Waals surface area contributed by atoms with E-state index in [9.17, 15) is 5.11 Å². The Morgan fingerprint density at radius 2 is 2.00 bits per heavy atom. The van der Waals surface area contributed by atoms with Crippen molar-refractivity contribution >= 4 is 5.82 Å². The van der Waals surface area contributed by atoms with Gasteiger partial charge in [0.2, 0.25) is 0 Å². The van der Waals surface area contributed by atoms with Crippen LogP contribution in [-0.2, 0) is 0 Å². The maximum Gasteiger partial charge on any atom is 0.185 e. The summed E-state index contributed by atoms with van der Waals surface area (Å²) in [7, 11) is 1.71. The van der Waals surface area contributed by atoms with Crippen molar-refractivity contribution in [3.05, 3.63) is 72.6 Å². The Labute approximate surface area is 155 Å². The van der Waals surface area contributed by atoms with Gasteiger partial charge in [-0.1, -0.05) is 60.7 Å². The van der Waals surface area contributed by atoms with Crippen molar-refractivity contribution in [3.8, 4) is 23.1 Å². The molecule has 0 aliphatic heterocycles. The van der Waals surface area contributed by atoms with Crippen LogP contribution >= 0.6 is 0 Å². The molecule has 2 aromatic rings. The molecule has 0 saturated carbocycles. The summed E-state index contributed by atoms with van der Waals surface area (Å²) in [5.74, 6) is 0.513. The van der Waals surface area contributed by atoms with Crippen LogP contribution in [0.25, 0.3) is 11.3 Å². The van der Waals surface area contributed by atoms with Crippen molar-refractivity contribution < 1.29 is 5.11 Å². The molecular formula is C21H24N4O. The van der Waals surface area contributed by atoms with E-state index < -0.39 is 0 Å². The van der Waals surface area contributed by atoms with Gasteiger partial charge in [-0.15, -0.1) is 0 Å². The van der Waals surface area contributed by atoms with Crippen molar-refractivity contribution in [3.63, 3.8) is 0 Å². The first-order chi connectivity index (χ1) is 12.6. The van der Waals surface area contributed by atoms with Crippen LogP contribution < -0.4 is 5.32 Å². The maximum atomic E-state index is 9.92. The lowest BCUT2D eigenvalue weighted by Gasteiger charge is -2.07. The highest BCUT2D eigenvalue weighted by Crippen LogP contribution is 2.31. The van der Waals surface area contributed by atoms with E-state index in [1.165, 1.54) is 11.9 Å². The molecule has 2 rings (SSSR count). The average molecular weight is 348 g/mol. The number of aromatic hydroxyl groups is 1. The highest BCUT2D eigenvalue weighted by atomic mass is 16.3. The summed E-state index contributed by atoms with van der Waals surface area (Å²) in [6.07, 6.45) is 9.58. The van der Waals surface area contributed by atoms with Gasteiger partial charge in [0.25, 0.3) is 0 Å². The first-order valence-corrected chi connectivity index (χ1v) is 8.19. The lowest BCUT2D eigenvalue weighted by atomic mass is 10.1. The Balaban J connectivity index is 0.000000294. The number of allylic oxidation sites excluding steroid dienone is 5. The van der Waals surface area contributed by atoms with E-state index in [1.807, 2.05) is 62.4 Å². The van der Waals surface area contributed by atoms with Gasteiger partial charge in [0.1, 0.15) is 12.0 Å². The first-order valence-electron chi connectivity index (χ1n) is 8.19. The van der Waals surface area contributed by atoms with Crippen molar-refractivity contribution in [2.45, 2.75) is 20.3 Å². The van der Waals surface area contributed by atoms with Crippen LogP contribution in [0.1, 0.15) is 18.9 Å². The van der Waals surface area contributed by atoms with E-state index in [1.54, 1.807) is 13.1 Å². The second-order valence-electron chi connectivity index (χ2n) is 5.32. The normalized spacial score (nSPS) is 10.6. The molecule has 2 N–H and O–H groups in total. The zero-order valence-electron chi connectivity index (χ0n) is 15.4. The Kier molecular flexibility index (Phi) is 8.91. The lowest BCUT2D eigenvalue weighted by molar-refractivity contribution is 0.474. The number of nitriles is 1. The number of nitrogens with one attached hydrogen (secondary N) is 1. The highest BCUT2D eigenvalue weighted by molar-refractivity contribution is 5.71. The van der Waals surface area contributed by atoms with Crippen LogP contribution in [0.4, 0.5) is 5.82 Å². The molecule has 26 heavy (non-hydrogen) atoms. The average Bonchev–Trinajstić information content (AvgIpc) is 2.67. The van der Waals surface area contributed by atoms with Gasteiger partial charge in [-0.05, 0) is 20.3 Å². The topological polar surface area (TPSA) is 81.8 Å². The van der Waals surface area contributed by atoms with E-state index in [0.29, 0.717) is 17.1 Å². The third-order valence-corrected chi connectivity index (χ3v) is 3.44. The molecule has 134 valence electrons. The molecule has 0 atom stereocenters. The summed E-state index contributed by atoms with van der Waals surface area (Å²) >= 11 is 0. The van der Waals surface area contributed by atoms with Gasteiger partial charge in [0.15, 0.2) is 11.6 Å². The fourth-order valence-corrected chi connectivity index (χ4v) is 1.99. The number of benzene rings is 1. The molecule has 0 unspecified atom stereocenters. The molecule has 0 aliphatic rings. The van der Waals surface area contributed by atoms with Gasteiger partial charge < -0.3 is 10.4 Å². The minimum absolute atomic E-state index is 0.0776. The van der Waals surface area contributed by atoms with E-state index in [0.717, 1.165) is 12.0 Å². The number of hydrogen-bond donors (Lipinski definition) is 2. The van der Waals surface area contributed by atoms with E-state index in [4.69, 9.17) is 5.26 Å². The summed E-state index contributed by atoms with van der Waals surface area (Å²) in [6.45, 7) is 7.46. The van der Waals surface area contributed by atoms with Crippen LogP contribution in [0.3, 0.4) is 0 Å². The Morgan fingerprint density at radius 3 is 2.54 bits per heavy atom. The van der Waals surface area contributed by atoms with Gasteiger partial charge in [0, 0.05) is 18.2 Å². The molecule has 0 bridgehead atoms. The zero-order chi connectivity index (χ0) is 19.4. The summed E-state index contributed by atoms with van der Waals surface area (Å²) < 4.78 is 0. The highest BCUT2D eigenvalue weighted by Gasteiger charge is 2.10. The number of aromatic nitrogens is 2. The van der Waals surface area contributed by atoms with Crippen LogP contribution in [0, 0.1) is 18.3 Å². The van der Waals surface area contributed by atoms with Gasteiger partial charge in [0.05, 0.1) is 6.07 Å². The SMILES string of the molecule is C=C/C(C#N)=C\C/C=C\C.CNc1ncnc(-c2ccc(C)cc2)c1O.